The molecule has 116 valence electrons. The van der Waals surface area contributed by atoms with Gasteiger partial charge in [-0.25, -0.2) is 4.98 Å². The highest BCUT2D eigenvalue weighted by Crippen LogP contribution is 2.28. The summed E-state index contributed by atoms with van der Waals surface area (Å²) in [5.41, 5.74) is 9.44. The standard InChI is InChI=1S/C17H21N3O2/c1-10-3-6-14(8-15(10)17-19-11(2)9-22-17)20-16(21)12-4-5-13(18)7-12/h3,6,8-9,12-13H,4-5,7,18H2,1-2H3,(H,20,21). The number of hydrogen-bond acceptors (Lipinski definition) is 4. The molecule has 5 nitrogen and oxygen atoms in total. The van der Waals surface area contributed by atoms with Crippen LogP contribution in [0.15, 0.2) is 28.9 Å². The first-order chi connectivity index (χ1) is 10.5. The Balaban J connectivity index is 1.79. The van der Waals surface area contributed by atoms with E-state index in [2.05, 4.69) is 10.3 Å². The van der Waals surface area contributed by atoms with E-state index < -0.39 is 0 Å². The third-order valence-corrected chi connectivity index (χ3v) is 4.20. The van der Waals surface area contributed by atoms with Crippen molar-refractivity contribution in [1.82, 2.24) is 4.98 Å². The summed E-state index contributed by atoms with van der Waals surface area (Å²) in [5, 5.41) is 2.98. The van der Waals surface area contributed by atoms with Crippen molar-refractivity contribution in [2.45, 2.75) is 39.2 Å². The molecule has 1 saturated carbocycles. The lowest BCUT2D eigenvalue weighted by Crippen LogP contribution is -2.23. The van der Waals surface area contributed by atoms with Gasteiger partial charge < -0.3 is 15.5 Å². The molecule has 0 spiro atoms. The van der Waals surface area contributed by atoms with Crippen LogP contribution in [-0.2, 0) is 4.79 Å². The Bertz CT molecular complexity index is 693. The van der Waals surface area contributed by atoms with Crippen LogP contribution in [0, 0.1) is 19.8 Å². The van der Waals surface area contributed by atoms with Gasteiger partial charge in [0.15, 0.2) is 0 Å². The fourth-order valence-electron chi connectivity index (χ4n) is 2.91. The molecule has 1 aliphatic carbocycles. The molecule has 3 N–H and O–H groups in total. The minimum atomic E-state index is 0.0173. The molecule has 0 saturated heterocycles. The van der Waals surface area contributed by atoms with Crippen LogP contribution in [0.4, 0.5) is 5.69 Å². The SMILES string of the molecule is Cc1coc(-c2cc(NC(=O)C3CCC(N)C3)ccc2C)n1. The zero-order valence-electron chi connectivity index (χ0n) is 12.9. The van der Waals surface area contributed by atoms with E-state index in [1.807, 2.05) is 32.0 Å². The lowest BCUT2D eigenvalue weighted by molar-refractivity contribution is -0.119. The fraction of sp³-hybridized carbons (Fsp3) is 0.412. The Morgan fingerprint density at radius 2 is 2.18 bits per heavy atom. The molecule has 2 aromatic rings. The number of nitrogens with one attached hydrogen (secondary N) is 1. The fourth-order valence-corrected chi connectivity index (χ4v) is 2.91. The normalized spacial score (nSPS) is 21.0. The van der Waals surface area contributed by atoms with Crippen molar-refractivity contribution in [3.8, 4) is 11.5 Å². The van der Waals surface area contributed by atoms with Gasteiger partial charge in [0.25, 0.3) is 0 Å². The average Bonchev–Trinajstić information content (AvgIpc) is 3.10. The zero-order chi connectivity index (χ0) is 15.7. The second-order valence-corrected chi connectivity index (χ2v) is 6.08. The van der Waals surface area contributed by atoms with Crippen LogP contribution in [0.2, 0.25) is 0 Å². The molecule has 2 unspecified atom stereocenters. The van der Waals surface area contributed by atoms with Crippen LogP contribution in [0.1, 0.15) is 30.5 Å². The second kappa shape index (κ2) is 5.93. The Hall–Kier alpha value is -2.14. The van der Waals surface area contributed by atoms with E-state index >= 15 is 0 Å². The number of aromatic nitrogens is 1. The third kappa shape index (κ3) is 3.04. The van der Waals surface area contributed by atoms with E-state index in [1.54, 1.807) is 6.26 Å². The van der Waals surface area contributed by atoms with Crippen molar-refractivity contribution in [3.05, 3.63) is 35.7 Å². The minimum absolute atomic E-state index is 0.0173. The molecular weight excluding hydrogens is 278 g/mol. The lowest BCUT2D eigenvalue weighted by atomic mass is 10.1. The number of amides is 1. The molecule has 1 aliphatic rings. The molecule has 1 amide bonds. The molecule has 1 aromatic heterocycles. The Morgan fingerprint density at radius 3 is 2.82 bits per heavy atom. The quantitative estimate of drug-likeness (QED) is 0.912. The first-order valence-corrected chi connectivity index (χ1v) is 7.62. The van der Waals surface area contributed by atoms with E-state index in [9.17, 15) is 4.79 Å². The summed E-state index contributed by atoms with van der Waals surface area (Å²) in [6.07, 6.45) is 4.18. The van der Waals surface area contributed by atoms with Crippen LogP contribution >= 0.6 is 0 Å². The largest absolute Gasteiger partial charge is 0.444 e. The van der Waals surface area contributed by atoms with Crippen molar-refractivity contribution in [2.75, 3.05) is 5.32 Å². The van der Waals surface area contributed by atoms with E-state index in [4.69, 9.17) is 10.2 Å². The van der Waals surface area contributed by atoms with E-state index in [0.29, 0.717) is 5.89 Å². The number of nitrogens with two attached hydrogens (primary N) is 1. The van der Waals surface area contributed by atoms with Crippen LogP contribution in [-0.4, -0.2) is 16.9 Å². The molecule has 1 fully saturated rings. The summed E-state index contributed by atoms with van der Waals surface area (Å²) >= 11 is 0. The van der Waals surface area contributed by atoms with Crippen molar-refractivity contribution in [1.29, 1.82) is 0 Å². The maximum absolute atomic E-state index is 12.3. The van der Waals surface area contributed by atoms with Crippen molar-refractivity contribution < 1.29 is 9.21 Å². The number of nitrogens with zero attached hydrogens (tertiary/aromatic N) is 1. The second-order valence-electron chi connectivity index (χ2n) is 6.08. The highest BCUT2D eigenvalue weighted by molar-refractivity contribution is 5.93. The van der Waals surface area contributed by atoms with Gasteiger partial charge in [-0.05, 0) is 50.8 Å². The van der Waals surface area contributed by atoms with Crippen LogP contribution in [0.5, 0.6) is 0 Å². The number of aryl methyl sites for hydroxylation is 2. The number of rotatable bonds is 3. The van der Waals surface area contributed by atoms with Gasteiger partial charge in [0.2, 0.25) is 11.8 Å². The summed E-state index contributed by atoms with van der Waals surface area (Å²) in [5.74, 6) is 0.643. The minimum Gasteiger partial charge on any atom is -0.444 e. The maximum Gasteiger partial charge on any atom is 0.227 e. The highest BCUT2D eigenvalue weighted by atomic mass is 16.3. The average molecular weight is 299 g/mol. The summed E-state index contributed by atoms with van der Waals surface area (Å²) in [4.78, 5) is 16.6. The van der Waals surface area contributed by atoms with E-state index in [0.717, 1.165) is 41.8 Å². The van der Waals surface area contributed by atoms with Gasteiger partial charge in [-0.1, -0.05) is 6.07 Å². The molecule has 0 radical (unpaired) electrons. The summed E-state index contributed by atoms with van der Waals surface area (Å²) in [6, 6.07) is 5.93. The first-order valence-electron chi connectivity index (χ1n) is 7.62. The van der Waals surface area contributed by atoms with Crippen molar-refractivity contribution in [2.24, 2.45) is 11.7 Å². The van der Waals surface area contributed by atoms with Crippen molar-refractivity contribution >= 4 is 11.6 Å². The van der Waals surface area contributed by atoms with Gasteiger partial charge >= 0.3 is 0 Å². The molecule has 5 heteroatoms. The van der Waals surface area contributed by atoms with Crippen LogP contribution in [0.3, 0.4) is 0 Å². The summed E-state index contributed by atoms with van der Waals surface area (Å²) in [7, 11) is 0. The smallest absolute Gasteiger partial charge is 0.227 e. The molecular formula is C17H21N3O2. The zero-order valence-corrected chi connectivity index (χ0v) is 12.9. The summed E-state index contributed by atoms with van der Waals surface area (Å²) < 4.78 is 5.46. The molecule has 3 rings (SSSR count). The molecule has 1 heterocycles. The molecule has 2 atom stereocenters. The van der Waals surface area contributed by atoms with Gasteiger partial charge in [-0.3, -0.25) is 4.79 Å². The topological polar surface area (TPSA) is 81.2 Å². The highest BCUT2D eigenvalue weighted by Gasteiger charge is 2.27. The van der Waals surface area contributed by atoms with Gasteiger partial charge in [0, 0.05) is 23.2 Å². The van der Waals surface area contributed by atoms with Gasteiger partial charge in [0.1, 0.15) is 6.26 Å². The molecule has 22 heavy (non-hydrogen) atoms. The molecule has 1 aromatic carbocycles. The predicted molar refractivity (Wildman–Crippen MR) is 85.4 cm³/mol. The maximum atomic E-state index is 12.3. The number of anilines is 1. The third-order valence-electron chi connectivity index (χ3n) is 4.20. The Labute approximate surface area is 129 Å². The van der Waals surface area contributed by atoms with Gasteiger partial charge in [-0.15, -0.1) is 0 Å². The van der Waals surface area contributed by atoms with E-state index in [1.165, 1.54) is 0 Å². The Morgan fingerprint density at radius 1 is 1.36 bits per heavy atom. The molecule has 0 bridgehead atoms. The number of carbonyl (C=O) groups excluding carboxylic acids is 1. The van der Waals surface area contributed by atoms with Gasteiger partial charge in [0.05, 0.1) is 5.69 Å². The number of carbonyl (C=O) groups is 1. The van der Waals surface area contributed by atoms with Crippen LogP contribution in [0.25, 0.3) is 11.5 Å². The predicted octanol–water partition coefficient (Wildman–Crippen LogP) is 3.02. The van der Waals surface area contributed by atoms with Gasteiger partial charge in [-0.2, -0.15) is 0 Å². The number of oxazole rings is 1. The lowest BCUT2D eigenvalue weighted by Gasteiger charge is -2.12. The van der Waals surface area contributed by atoms with E-state index in [-0.39, 0.29) is 17.9 Å². The van der Waals surface area contributed by atoms with Crippen LogP contribution < -0.4 is 11.1 Å². The number of hydrogen-bond donors (Lipinski definition) is 2. The summed E-state index contributed by atoms with van der Waals surface area (Å²) in [6.45, 7) is 3.88. The first kappa shape index (κ1) is 14.8. The monoisotopic (exact) mass is 299 g/mol. The van der Waals surface area contributed by atoms with Crippen molar-refractivity contribution in [3.63, 3.8) is 0 Å². The Kier molecular flexibility index (Phi) is 3.98. The number of benzene rings is 1. The molecule has 0 aliphatic heterocycles.